The largest absolute Gasteiger partial charge is 0.461 e. The number of hydrogen-bond acceptors (Lipinski definition) is 10. The van der Waals surface area contributed by atoms with Crippen molar-refractivity contribution >= 4 is 13.7 Å². The summed E-state index contributed by atoms with van der Waals surface area (Å²) in [6, 6.07) is 7.93. The van der Waals surface area contributed by atoms with E-state index in [1.165, 1.54) is 19.1 Å². The van der Waals surface area contributed by atoms with E-state index in [0.717, 1.165) is 29.7 Å². The van der Waals surface area contributed by atoms with Gasteiger partial charge in [0.25, 0.3) is 5.56 Å². The third-order valence-corrected chi connectivity index (χ3v) is 8.05. The van der Waals surface area contributed by atoms with Crippen molar-refractivity contribution < 1.29 is 38.1 Å². The van der Waals surface area contributed by atoms with Gasteiger partial charge in [0.1, 0.15) is 30.1 Å². The van der Waals surface area contributed by atoms with Gasteiger partial charge in [-0.15, -0.1) is 6.42 Å². The van der Waals surface area contributed by atoms with Gasteiger partial charge >= 0.3 is 19.4 Å². The molecule has 0 saturated carbocycles. The molecule has 6 atom stereocenters. The minimum absolute atomic E-state index is 0.157. The molecule has 0 amide bonds. The number of nitrogens with zero attached hydrogens (tertiary/aromatic N) is 1. The van der Waals surface area contributed by atoms with Gasteiger partial charge in [-0.3, -0.25) is 23.7 Å². The van der Waals surface area contributed by atoms with E-state index in [1.54, 1.807) is 18.2 Å². The Morgan fingerprint density at radius 1 is 1.24 bits per heavy atom. The molecule has 4 N–H and O–H groups in total. The fourth-order valence-electron chi connectivity index (χ4n) is 4.29. The zero-order chi connectivity index (χ0) is 30.2. The van der Waals surface area contributed by atoms with Crippen LogP contribution in [0.25, 0.3) is 0 Å². The lowest BCUT2D eigenvalue weighted by atomic mass is 9.95. The summed E-state index contributed by atoms with van der Waals surface area (Å²) in [7, 11) is -4.35. The maximum absolute atomic E-state index is 13.9. The molecule has 14 heteroatoms. The summed E-state index contributed by atoms with van der Waals surface area (Å²) in [5.74, 6) is 1.53. The fourth-order valence-corrected chi connectivity index (χ4v) is 5.80. The molecule has 0 aliphatic carbocycles. The minimum Gasteiger partial charge on any atom is -0.461 e. The number of aliphatic hydroxyl groups is 2. The van der Waals surface area contributed by atoms with Crippen LogP contribution in [0.2, 0.25) is 0 Å². The van der Waals surface area contributed by atoms with E-state index in [1.807, 2.05) is 24.8 Å². The number of aromatic amines is 1. The number of H-pyrrole nitrogens is 1. The maximum atomic E-state index is 13.9. The Kier molecular flexibility index (Phi) is 11.1. The molecule has 13 nitrogen and oxygen atoms in total. The summed E-state index contributed by atoms with van der Waals surface area (Å²) in [5, 5.41) is 24.4. The molecule has 1 aromatic carbocycles. The smallest absolute Gasteiger partial charge is 0.459 e. The first-order valence-corrected chi connectivity index (χ1v) is 14.8. The van der Waals surface area contributed by atoms with Crippen LogP contribution in [0.15, 0.2) is 52.2 Å². The molecular formula is C27H36N3O10P. The summed E-state index contributed by atoms with van der Waals surface area (Å²) in [5.41, 5.74) is -4.05. The van der Waals surface area contributed by atoms with Crippen molar-refractivity contribution in [3.63, 3.8) is 0 Å². The molecule has 1 aromatic heterocycles. The Morgan fingerprint density at radius 2 is 1.90 bits per heavy atom. The van der Waals surface area contributed by atoms with Gasteiger partial charge < -0.3 is 24.2 Å². The number of ether oxygens (including phenoxy) is 2. The molecule has 2 aromatic rings. The molecule has 0 bridgehead atoms. The number of rotatable bonds is 14. The molecule has 1 fully saturated rings. The number of para-hydroxylation sites is 1. The minimum atomic E-state index is -4.35. The van der Waals surface area contributed by atoms with Gasteiger partial charge in [-0.2, -0.15) is 5.09 Å². The van der Waals surface area contributed by atoms with Gasteiger partial charge in [0, 0.05) is 12.3 Å². The first-order chi connectivity index (χ1) is 19.5. The second-order valence-electron chi connectivity index (χ2n) is 9.64. The van der Waals surface area contributed by atoms with Gasteiger partial charge in [0.15, 0.2) is 11.8 Å². The second kappa shape index (κ2) is 14.1. The quantitative estimate of drug-likeness (QED) is 0.143. The number of esters is 1. The number of carbonyl (C=O) groups is 1. The zero-order valence-corrected chi connectivity index (χ0v) is 24.0. The Labute approximate surface area is 237 Å². The van der Waals surface area contributed by atoms with E-state index < -0.39 is 61.7 Å². The number of carbonyl (C=O) groups excluding carboxylic acids is 1. The van der Waals surface area contributed by atoms with Crippen LogP contribution in [-0.2, 0) is 23.4 Å². The molecule has 1 aliphatic heterocycles. The number of benzene rings is 1. The van der Waals surface area contributed by atoms with Crippen LogP contribution >= 0.6 is 7.75 Å². The Bertz CT molecular complexity index is 1370. The van der Waals surface area contributed by atoms with Crippen LogP contribution in [-0.4, -0.2) is 62.3 Å². The van der Waals surface area contributed by atoms with Crippen LogP contribution in [0.5, 0.6) is 5.75 Å². The van der Waals surface area contributed by atoms with Crippen molar-refractivity contribution in [1.82, 2.24) is 14.6 Å². The lowest BCUT2D eigenvalue weighted by Gasteiger charge is -2.26. The normalized spacial score (nSPS) is 24.4. The van der Waals surface area contributed by atoms with E-state index in [0.29, 0.717) is 12.8 Å². The van der Waals surface area contributed by atoms with Gasteiger partial charge in [-0.25, -0.2) is 9.36 Å². The molecule has 1 unspecified atom stereocenters. The van der Waals surface area contributed by atoms with E-state index in [9.17, 15) is 29.2 Å². The molecule has 1 aliphatic rings. The molecule has 41 heavy (non-hydrogen) atoms. The SMILES string of the molecule is C#C[C@@]1(O)[C@H](O)[C@@H](COP(=O)(N[C@@H](C)C(=O)OC(CCC)CCC)Oc2ccccc2)O[C@H]1n1ccc(=O)[nH]c1=O. The van der Waals surface area contributed by atoms with Crippen molar-refractivity contribution in [3.8, 4) is 18.1 Å². The van der Waals surface area contributed by atoms with Gasteiger partial charge in [0.05, 0.1) is 6.61 Å². The van der Waals surface area contributed by atoms with Crippen LogP contribution in [0.3, 0.4) is 0 Å². The third kappa shape index (κ3) is 7.95. The highest BCUT2D eigenvalue weighted by Crippen LogP contribution is 2.47. The molecule has 0 radical (unpaired) electrons. The molecular weight excluding hydrogens is 557 g/mol. The molecule has 0 spiro atoms. The van der Waals surface area contributed by atoms with Crippen LogP contribution in [0, 0.1) is 12.3 Å². The molecule has 1 saturated heterocycles. The Morgan fingerprint density at radius 3 is 2.49 bits per heavy atom. The first kappa shape index (κ1) is 32.3. The van der Waals surface area contributed by atoms with Crippen molar-refractivity contribution in [2.45, 2.75) is 82.6 Å². The number of nitrogens with one attached hydrogen (secondary N) is 2. The van der Waals surface area contributed by atoms with Gasteiger partial charge in [0.2, 0.25) is 0 Å². The number of aromatic nitrogens is 2. The van der Waals surface area contributed by atoms with Crippen molar-refractivity contribution in [1.29, 1.82) is 0 Å². The second-order valence-corrected chi connectivity index (χ2v) is 11.3. The van der Waals surface area contributed by atoms with Gasteiger partial charge in [-0.05, 0) is 31.9 Å². The number of aliphatic hydroxyl groups excluding tert-OH is 1. The van der Waals surface area contributed by atoms with Crippen molar-refractivity contribution in [2.24, 2.45) is 0 Å². The predicted octanol–water partition coefficient (Wildman–Crippen LogP) is 1.85. The maximum Gasteiger partial charge on any atom is 0.459 e. The lowest BCUT2D eigenvalue weighted by molar-refractivity contribution is -0.151. The Balaban J connectivity index is 1.81. The van der Waals surface area contributed by atoms with Gasteiger partial charge in [-0.1, -0.05) is 50.8 Å². The molecule has 224 valence electrons. The summed E-state index contributed by atoms with van der Waals surface area (Å²) in [6.45, 7) is 4.75. The Hall–Kier alpha value is -3.24. The highest BCUT2D eigenvalue weighted by molar-refractivity contribution is 7.52. The van der Waals surface area contributed by atoms with Crippen LogP contribution in [0.4, 0.5) is 0 Å². The molecule has 2 heterocycles. The van der Waals surface area contributed by atoms with E-state index in [2.05, 4.69) is 5.09 Å². The standard InChI is InChI=1S/C27H36N3O10P/c1-5-11-19(12-6-2)38-24(33)18(4)29-41(36,40-20-13-9-8-10-14-20)37-17-21-23(32)27(35,7-3)25(39-21)30-16-15-22(31)28-26(30)34/h3,8-10,13-16,18-19,21,23,25,32,35H,5-6,11-12,17H2,1-2,4H3,(H,29,36)(H,28,31,34)/t18-,21+,23+,25+,27+,41?/m0/s1. The topological polar surface area (TPSA) is 178 Å². The summed E-state index contributed by atoms with van der Waals surface area (Å²) in [6.07, 6.45) is 4.38. The van der Waals surface area contributed by atoms with Crippen molar-refractivity contribution in [3.05, 3.63) is 63.4 Å². The highest BCUT2D eigenvalue weighted by atomic mass is 31.2. The average Bonchev–Trinajstić information content (AvgIpc) is 3.18. The average molecular weight is 594 g/mol. The van der Waals surface area contributed by atoms with Crippen LogP contribution < -0.4 is 20.9 Å². The summed E-state index contributed by atoms with van der Waals surface area (Å²) >= 11 is 0. The lowest BCUT2D eigenvalue weighted by Crippen LogP contribution is -2.48. The van der Waals surface area contributed by atoms with Crippen LogP contribution in [0.1, 0.15) is 52.7 Å². The van der Waals surface area contributed by atoms with E-state index in [4.69, 9.17) is 24.9 Å². The third-order valence-electron chi connectivity index (χ3n) is 6.41. The highest BCUT2D eigenvalue weighted by Gasteiger charge is 2.56. The summed E-state index contributed by atoms with van der Waals surface area (Å²) < 4.78 is 37.2. The summed E-state index contributed by atoms with van der Waals surface area (Å²) in [4.78, 5) is 38.6. The van der Waals surface area contributed by atoms with E-state index >= 15 is 0 Å². The zero-order valence-electron chi connectivity index (χ0n) is 23.1. The predicted molar refractivity (Wildman–Crippen MR) is 148 cm³/mol. The van der Waals surface area contributed by atoms with E-state index in [-0.39, 0.29) is 11.9 Å². The number of terminal acetylenes is 1. The first-order valence-electron chi connectivity index (χ1n) is 13.3. The fraction of sp³-hybridized carbons (Fsp3) is 0.519. The number of hydrogen-bond donors (Lipinski definition) is 4. The monoisotopic (exact) mass is 593 g/mol. The molecule has 3 rings (SSSR count). The van der Waals surface area contributed by atoms with Crippen molar-refractivity contribution in [2.75, 3.05) is 6.61 Å².